The summed E-state index contributed by atoms with van der Waals surface area (Å²) in [6, 6.07) is 1.32. The lowest BCUT2D eigenvalue weighted by Gasteiger charge is -2.50. The number of rotatable bonds is 12. The van der Waals surface area contributed by atoms with Gasteiger partial charge in [0.1, 0.15) is 0 Å². The van der Waals surface area contributed by atoms with Gasteiger partial charge in [0.05, 0.1) is 0 Å². The van der Waals surface area contributed by atoms with Crippen molar-refractivity contribution in [3.8, 4) is 0 Å². The largest absolute Gasteiger partial charge is 0.522 e. The van der Waals surface area contributed by atoms with Crippen LogP contribution in [0.4, 0.5) is 0 Å². The van der Waals surface area contributed by atoms with Crippen LogP contribution in [-0.4, -0.2) is 56.4 Å². The maximum Gasteiger partial charge on any atom is 0.522 e. The molecule has 2 saturated carbocycles. The Morgan fingerprint density at radius 2 is 1.04 bits per heavy atom. The van der Waals surface area contributed by atoms with Crippen LogP contribution >= 0.6 is 0 Å². The molecule has 0 spiro atoms. The molecule has 0 heterocycles. The third-order valence-electron chi connectivity index (χ3n) is 5.85. The first-order chi connectivity index (χ1) is 12.2. The Hall–Kier alpha value is 0.0569. The van der Waals surface area contributed by atoms with E-state index in [9.17, 15) is 0 Å². The summed E-state index contributed by atoms with van der Waals surface area (Å²) in [5.74, 6) is 0. The van der Waals surface area contributed by atoms with Gasteiger partial charge in [0, 0.05) is 25.3 Å². The Kier molecular flexibility index (Phi) is 9.42. The third kappa shape index (κ3) is 5.07. The molecule has 0 aromatic carbocycles. The molecule has 0 amide bonds. The lowest BCUT2D eigenvalue weighted by atomic mass is 10.2. The molecule has 0 atom stereocenters. The second-order valence-electron chi connectivity index (χ2n) is 7.68. The summed E-state index contributed by atoms with van der Waals surface area (Å²) < 4.78 is 18.9. The Morgan fingerprint density at radius 3 is 1.32 bits per heavy atom. The highest BCUT2D eigenvalue weighted by molar-refractivity contribution is 6.61. The van der Waals surface area contributed by atoms with E-state index < -0.39 is 8.88 Å². The van der Waals surface area contributed by atoms with Crippen molar-refractivity contribution >= 4 is 8.88 Å². The van der Waals surface area contributed by atoms with Gasteiger partial charge in [0.15, 0.2) is 0 Å². The standard InChI is InChI=1S/C20H42N2O2Si/c1-5-17-21(19-13-9-10-14-19)25(23-7-3,24-8-4)22(18-6-2)20-15-11-12-16-20/h19-20H,5-18H2,1-4H3. The maximum absolute atomic E-state index is 6.69. The topological polar surface area (TPSA) is 24.9 Å². The van der Waals surface area contributed by atoms with Gasteiger partial charge >= 0.3 is 8.88 Å². The van der Waals surface area contributed by atoms with E-state index in [4.69, 9.17) is 8.85 Å². The lowest BCUT2D eigenvalue weighted by molar-refractivity contribution is 0.0336. The summed E-state index contributed by atoms with van der Waals surface area (Å²) in [5.41, 5.74) is 0. The van der Waals surface area contributed by atoms with Crippen molar-refractivity contribution < 1.29 is 8.85 Å². The zero-order valence-electron chi connectivity index (χ0n) is 17.3. The summed E-state index contributed by atoms with van der Waals surface area (Å²) in [5, 5.41) is 0. The summed E-state index contributed by atoms with van der Waals surface area (Å²) in [6.45, 7) is 12.7. The summed E-state index contributed by atoms with van der Waals surface area (Å²) in [6.07, 6.45) is 13.1. The van der Waals surface area contributed by atoms with Gasteiger partial charge in [0.2, 0.25) is 0 Å². The summed E-state index contributed by atoms with van der Waals surface area (Å²) >= 11 is 0. The van der Waals surface area contributed by atoms with Crippen molar-refractivity contribution in [1.29, 1.82) is 0 Å². The number of hydrogen-bond donors (Lipinski definition) is 0. The molecule has 0 saturated heterocycles. The van der Waals surface area contributed by atoms with E-state index >= 15 is 0 Å². The average molecular weight is 371 g/mol. The molecular formula is C20H42N2O2Si. The van der Waals surface area contributed by atoms with Crippen LogP contribution in [0.25, 0.3) is 0 Å². The molecule has 0 N–H and O–H groups in total. The van der Waals surface area contributed by atoms with E-state index in [1.165, 1.54) is 64.2 Å². The van der Waals surface area contributed by atoms with Crippen LogP contribution in [0.3, 0.4) is 0 Å². The molecule has 2 aliphatic rings. The molecule has 0 unspecified atom stereocenters. The summed E-state index contributed by atoms with van der Waals surface area (Å²) in [7, 11) is -2.56. The molecule has 2 fully saturated rings. The predicted octanol–water partition coefficient (Wildman–Crippen LogP) is 4.80. The van der Waals surface area contributed by atoms with Crippen molar-refractivity contribution in [3.63, 3.8) is 0 Å². The van der Waals surface area contributed by atoms with Crippen LogP contribution in [-0.2, 0) is 8.85 Å². The van der Waals surface area contributed by atoms with E-state index in [-0.39, 0.29) is 0 Å². The van der Waals surface area contributed by atoms with Crippen LogP contribution in [0.15, 0.2) is 0 Å². The Morgan fingerprint density at radius 1 is 0.680 bits per heavy atom. The highest BCUT2D eigenvalue weighted by Crippen LogP contribution is 2.35. The second kappa shape index (κ2) is 11.0. The van der Waals surface area contributed by atoms with Crippen molar-refractivity contribution in [1.82, 2.24) is 9.13 Å². The molecule has 0 bridgehead atoms. The van der Waals surface area contributed by atoms with Gasteiger partial charge in [-0.25, -0.2) is 0 Å². The zero-order chi connectivity index (χ0) is 18.1. The number of nitrogens with zero attached hydrogens (tertiary/aromatic N) is 2. The van der Waals surface area contributed by atoms with Crippen LogP contribution in [0.2, 0.25) is 0 Å². The Balaban J connectivity index is 2.39. The first-order valence-electron chi connectivity index (χ1n) is 11.0. The highest BCUT2D eigenvalue weighted by Gasteiger charge is 2.55. The monoisotopic (exact) mass is 370 g/mol. The van der Waals surface area contributed by atoms with Crippen molar-refractivity contribution in [2.24, 2.45) is 0 Å². The zero-order valence-corrected chi connectivity index (χ0v) is 18.3. The van der Waals surface area contributed by atoms with Gasteiger partial charge < -0.3 is 8.85 Å². The summed E-state index contributed by atoms with van der Waals surface area (Å²) in [4.78, 5) is 0. The minimum Gasteiger partial charge on any atom is -0.371 e. The third-order valence-corrected chi connectivity index (χ3v) is 9.81. The van der Waals surface area contributed by atoms with E-state index in [2.05, 4.69) is 36.8 Å². The molecule has 0 radical (unpaired) electrons. The molecule has 0 aliphatic heterocycles. The Bertz CT molecular complexity index is 324. The normalized spacial score (nSPS) is 20.4. The average Bonchev–Trinajstić information content (AvgIpc) is 3.31. The first-order valence-corrected chi connectivity index (χ1v) is 12.8. The molecule has 4 nitrogen and oxygen atoms in total. The molecular weight excluding hydrogens is 328 g/mol. The quantitative estimate of drug-likeness (QED) is 0.461. The van der Waals surface area contributed by atoms with E-state index in [0.717, 1.165) is 26.3 Å². The van der Waals surface area contributed by atoms with Crippen molar-refractivity contribution in [2.45, 2.75) is 104 Å². The molecule has 0 aromatic rings. The fraction of sp³-hybridized carbons (Fsp3) is 1.00. The Labute approximate surface area is 157 Å². The number of hydrogen-bond acceptors (Lipinski definition) is 4. The van der Waals surface area contributed by atoms with E-state index in [0.29, 0.717) is 12.1 Å². The second-order valence-corrected chi connectivity index (χ2v) is 10.5. The van der Waals surface area contributed by atoms with Gasteiger partial charge in [-0.05, 0) is 65.5 Å². The minimum absolute atomic E-state index is 0.658. The highest BCUT2D eigenvalue weighted by atomic mass is 28.4. The van der Waals surface area contributed by atoms with E-state index in [1.807, 2.05) is 0 Å². The van der Waals surface area contributed by atoms with Crippen LogP contribution in [0, 0.1) is 0 Å². The molecule has 5 heteroatoms. The minimum atomic E-state index is -2.56. The van der Waals surface area contributed by atoms with Gasteiger partial charge in [0.25, 0.3) is 0 Å². The van der Waals surface area contributed by atoms with Gasteiger partial charge in [-0.15, -0.1) is 0 Å². The lowest BCUT2D eigenvalue weighted by Crippen LogP contribution is -2.73. The predicted molar refractivity (Wildman–Crippen MR) is 108 cm³/mol. The fourth-order valence-electron chi connectivity index (χ4n) is 4.94. The van der Waals surface area contributed by atoms with Crippen LogP contribution in [0.5, 0.6) is 0 Å². The van der Waals surface area contributed by atoms with Gasteiger partial charge in [-0.1, -0.05) is 39.5 Å². The molecule has 0 aromatic heterocycles. The molecule has 2 rings (SSSR count). The van der Waals surface area contributed by atoms with Gasteiger partial charge in [-0.2, -0.15) is 0 Å². The van der Waals surface area contributed by atoms with Gasteiger partial charge in [-0.3, -0.25) is 9.13 Å². The van der Waals surface area contributed by atoms with E-state index in [1.54, 1.807) is 0 Å². The first kappa shape index (κ1) is 21.4. The molecule has 148 valence electrons. The van der Waals surface area contributed by atoms with Crippen LogP contribution < -0.4 is 0 Å². The molecule has 2 aliphatic carbocycles. The fourth-order valence-corrected chi connectivity index (χ4v) is 9.22. The molecule has 25 heavy (non-hydrogen) atoms. The smallest absolute Gasteiger partial charge is 0.371 e. The SMILES string of the molecule is CCCN(C1CCCC1)[Si](OCC)(OCC)N(CCC)C1CCCC1. The van der Waals surface area contributed by atoms with Crippen molar-refractivity contribution in [2.75, 3.05) is 26.3 Å². The maximum atomic E-state index is 6.69. The van der Waals surface area contributed by atoms with Crippen LogP contribution in [0.1, 0.15) is 91.9 Å². The van der Waals surface area contributed by atoms with Crippen molar-refractivity contribution in [3.05, 3.63) is 0 Å².